The van der Waals surface area contributed by atoms with Gasteiger partial charge in [0.2, 0.25) is 0 Å². The van der Waals surface area contributed by atoms with E-state index in [2.05, 4.69) is 20.9 Å². The second-order valence-corrected chi connectivity index (χ2v) is 3.59. The molecule has 0 N–H and O–H groups in total. The average Bonchev–Trinajstić information content (AvgIpc) is 2.23. The Hall–Kier alpha value is -1.47. The first-order valence-corrected chi connectivity index (χ1v) is 4.66. The number of benzene rings is 1. The summed E-state index contributed by atoms with van der Waals surface area (Å²) in [5.41, 5.74) is 0.781. The van der Waals surface area contributed by atoms with E-state index in [0.717, 1.165) is 0 Å². The van der Waals surface area contributed by atoms with Crippen LogP contribution in [0.2, 0.25) is 0 Å². The molecule has 0 fully saturated rings. The van der Waals surface area contributed by atoms with E-state index in [-0.39, 0.29) is 5.82 Å². The van der Waals surface area contributed by atoms with Crippen LogP contribution in [-0.2, 0) is 0 Å². The number of aromatic nitrogens is 1. The molecule has 0 unspecified atom stereocenters. The Morgan fingerprint density at radius 1 is 1.29 bits per heavy atom. The van der Waals surface area contributed by atoms with Gasteiger partial charge in [0, 0.05) is 5.39 Å². The summed E-state index contributed by atoms with van der Waals surface area (Å²) < 4.78 is 13.9. The highest BCUT2D eigenvalue weighted by molar-refractivity contribution is 9.10. The second kappa shape index (κ2) is 3.35. The number of nitrogens with zero attached hydrogens (tertiary/aromatic N) is 2. The van der Waals surface area contributed by atoms with Crippen LogP contribution in [0.4, 0.5) is 4.39 Å². The van der Waals surface area contributed by atoms with Gasteiger partial charge in [0.25, 0.3) is 0 Å². The van der Waals surface area contributed by atoms with Crippen molar-refractivity contribution in [2.75, 3.05) is 0 Å². The minimum atomic E-state index is -0.348. The van der Waals surface area contributed by atoms with Crippen molar-refractivity contribution in [2.45, 2.75) is 0 Å². The molecule has 1 heterocycles. The summed E-state index contributed by atoms with van der Waals surface area (Å²) in [5.74, 6) is -0.348. The molecule has 1 aromatic heterocycles. The Bertz CT molecular complexity index is 546. The van der Waals surface area contributed by atoms with Gasteiger partial charge in [-0.1, -0.05) is 0 Å². The Morgan fingerprint density at radius 2 is 2.07 bits per heavy atom. The van der Waals surface area contributed by atoms with Gasteiger partial charge in [-0.15, -0.1) is 0 Å². The van der Waals surface area contributed by atoms with Crippen molar-refractivity contribution in [3.8, 4) is 6.07 Å². The van der Waals surface area contributed by atoms with Gasteiger partial charge >= 0.3 is 0 Å². The molecule has 0 atom stereocenters. The number of nitriles is 1. The highest BCUT2D eigenvalue weighted by atomic mass is 79.9. The summed E-state index contributed by atoms with van der Waals surface area (Å²) in [4.78, 5) is 3.97. The molecule has 0 aliphatic rings. The van der Waals surface area contributed by atoms with Crippen LogP contribution in [0.5, 0.6) is 0 Å². The van der Waals surface area contributed by atoms with Gasteiger partial charge in [-0.05, 0) is 40.2 Å². The van der Waals surface area contributed by atoms with Crippen LogP contribution in [-0.4, -0.2) is 4.98 Å². The summed E-state index contributed by atoms with van der Waals surface area (Å²) in [6.45, 7) is 0. The highest BCUT2D eigenvalue weighted by Gasteiger charge is 2.06. The molecule has 1 aromatic carbocycles. The lowest BCUT2D eigenvalue weighted by atomic mass is 10.2. The zero-order valence-electron chi connectivity index (χ0n) is 6.96. The summed E-state index contributed by atoms with van der Waals surface area (Å²) in [6, 6.07) is 8.21. The minimum absolute atomic E-state index is 0.291. The van der Waals surface area contributed by atoms with Crippen molar-refractivity contribution in [3.63, 3.8) is 0 Å². The fraction of sp³-hybridized carbons (Fsp3) is 0. The Morgan fingerprint density at radius 3 is 2.79 bits per heavy atom. The van der Waals surface area contributed by atoms with Crippen molar-refractivity contribution >= 4 is 26.8 Å². The first kappa shape index (κ1) is 9.10. The van der Waals surface area contributed by atoms with E-state index in [4.69, 9.17) is 5.26 Å². The monoisotopic (exact) mass is 250 g/mol. The number of rotatable bonds is 0. The third kappa shape index (κ3) is 1.36. The van der Waals surface area contributed by atoms with Crippen molar-refractivity contribution < 1.29 is 4.39 Å². The molecule has 2 rings (SSSR count). The van der Waals surface area contributed by atoms with E-state index in [1.807, 2.05) is 6.07 Å². The molecular weight excluding hydrogens is 247 g/mol. The van der Waals surface area contributed by atoms with E-state index in [0.29, 0.717) is 21.1 Å². The first-order chi connectivity index (χ1) is 6.72. The van der Waals surface area contributed by atoms with Crippen molar-refractivity contribution in [2.24, 2.45) is 0 Å². The van der Waals surface area contributed by atoms with Gasteiger partial charge < -0.3 is 0 Å². The topological polar surface area (TPSA) is 36.7 Å². The maximum absolute atomic E-state index is 13.5. The Labute approximate surface area is 88.1 Å². The molecule has 0 bridgehead atoms. The zero-order chi connectivity index (χ0) is 10.1. The van der Waals surface area contributed by atoms with Crippen LogP contribution in [0.15, 0.2) is 28.7 Å². The molecule has 14 heavy (non-hydrogen) atoms. The number of hydrogen-bond donors (Lipinski definition) is 0. The molecule has 0 saturated carbocycles. The quantitative estimate of drug-likeness (QED) is 0.721. The van der Waals surface area contributed by atoms with E-state index < -0.39 is 0 Å². The molecule has 2 nitrogen and oxygen atoms in total. The zero-order valence-corrected chi connectivity index (χ0v) is 8.55. The molecule has 2 aromatic rings. The van der Waals surface area contributed by atoms with Crippen LogP contribution in [0.25, 0.3) is 10.9 Å². The first-order valence-electron chi connectivity index (χ1n) is 3.87. The lowest BCUT2D eigenvalue weighted by Crippen LogP contribution is -1.87. The average molecular weight is 251 g/mol. The molecule has 0 saturated heterocycles. The van der Waals surface area contributed by atoms with Crippen LogP contribution in [0.1, 0.15) is 5.69 Å². The highest BCUT2D eigenvalue weighted by Crippen LogP contribution is 2.23. The summed E-state index contributed by atoms with van der Waals surface area (Å²) in [6.07, 6.45) is 0. The summed E-state index contributed by atoms with van der Waals surface area (Å²) in [7, 11) is 0. The van der Waals surface area contributed by atoms with Gasteiger partial charge in [0.05, 0.1) is 9.99 Å². The molecular formula is C10H4BrFN2. The third-order valence-corrected chi connectivity index (χ3v) is 2.49. The fourth-order valence-corrected chi connectivity index (χ4v) is 1.55. The van der Waals surface area contributed by atoms with E-state index in [9.17, 15) is 4.39 Å². The lowest BCUT2D eigenvalue weighted by Gasteiger charge is -2.00. The summed E-state index contributed by atoms with van der Waals surface area (Å²) >= 11 is 3.08. The van der Waals surface area contributed by atoms with Gasteiger partial charge in [0.15, 0.2) is 0 Å². The fourth-order valence-electron chi connectivity index (χ4n) is 1.20. The lowest BCUT2D eigenvalue weighted by molar-refractivity contribution is 0.633. The smallest absolute Gasteiger partial charge is 0.146 e. The van der Waals surface area contributed by atoms with Crippen molar-refractivity contribution in [3.05, 3.63) is 40.2 Å². The predicted molar refractivity (Wildman–Crippen MR) is 54.1 cm³/mol. The maximum Gasteiger partial charge on any atom is 0.146 e. The largest absolute Gasteiger partial charge is 0.237 e. The maximum atomic E-state index is 13.5. The van der Waals surface area contributed by atoms with E-state index >= 15 is 0 Å². The normalized spacial score (nSPS) is 10.1. The standard InChI is InChI=1S/C10H4BrFN2/c11-8-3-4-9-7(10(8)12)2-1-6(5-13)14-9/h1-4H. The Balaban J connectivity index is 2.83. The Kier molecular flexibility index (Phi) is 2.18. The molecule has 0 aliphatic carbocycles. The van der Waals surface area contributed by atoms with Crippen molar-refractivity contribution in [1.82, 2.24) is 4.98 Å². The SMILES string of the molecule is N#Cc1ccc2c(F)c(Br)ccc2n1. The van der Waals surface area contributed by atoms with Gasteiger partial charge in [-0.25, -0.2) is 9.37 Å². The molecule has 68 valence electrons. The van der Waals surface area contributed by atoms with Gasteiger partial charge in [0.1, 0.15) is 17.6 Å². The number of hydrogen-bond acceptors (Lipinski definition) is 2. The van der Waals surface area contributed by atoms with Gasteiger partial charge in [-0.2, -0.15) is 5.26 Å². The molecule has 0 radical (unpaired) electrons. The summed E-state index contributed by atoms with van der Waals surface area (Å²) in [5, 5.41) is 9.02. The van der Waals surface area contributed by atoms with Crippen molar-refractivity contribution in [1.29, 1.82) is 5.26 Å². The molecule has 4 heteroatoms. The van der Waals surface area contributed by atoms with Crippen LogP contribution in [0.3, 0.4) is 0 Å². The van der Waals surface area contributed by atoms with Gasteiger partial charge in [-0.3, -0.25) is 0 Å². The van der Waals surface area contributed by atoms with E-state index in [1.54, 1.807) is 18.2 Å². The minimum Gasteiger partial charge on any atom is -0.237 e. The number of fused-ring (bicyclic) bond motifs is 1. The van der Waals surface area contributed by atoms with E-state index in [1.165, 1.54) is 6.07 Å². The predicted octanol–water partition coefficient (Wildman–Crippen LogP) is 3.01. The third-order valence-electron chi connectivity index (χ3n) is 1.87. The van der Waals surface area contributed by atoms with Crippen LogP contribution >= 0.6 is 15.9 Å². The van der Waals surface area contributed by atoms with Crippen LogP contribution < -0.4 is 0 Å². The second-order valence-electron chi connectivity index (χ2n) is 2.74. The number of halogens is 2. The van der Waals surface area contributed by atoms with Crippen LogP contribution in [0, 0.1) is 17.1 Å². The molecule has 0 amide bonds. The molecule has 0 spiro atoms. The number of pyridine rings is 1. The molecule has 0 aliphatic heterocycles.